The van der Waals surface area contributed by atoms with Gasteiger partial charge in [-0.2, -0.15) is 0 Å². The Morgan fingerprint density at radius 1 is 1.71 bits per heavy atom. The predicted octanol–water partition coefficient (Wildman–Crippen LogP) is 0.100. The van der Waals surface area contributed by atoms with Crippen LogP contribution in [0.1, 0.15) is 6.92 Å². The van der Waals surface area contributed by atoms with Crippen LogP contribution in [0.4, 0.5) is 0 Å². The van der Waals surface area contributed by atoms with Crippen molar-refractivity contribution in [2.24, 2.45) is 0 Å². The SMILES string of the molecule is CNC=CC(C)O. The normalized spacial score (nSPS) is 14.7. The Morgan fingerprint density at radius 2 is 2.29 bits per heavy atom. The van der Waals surface area contributed by atoms with Crippen molar-refractivity contribution in [2.75, 3.05) is 7.05 Å². The maximum Gasteiger partial charge on any atom is 0.0709 e. The zero-order valence-corrected chi connectivity index (χ0v) is 4.68. The van der Waals surface area contributed by atoms with Gasteiger partial charge in [-0.3, -0.25) is 0 Å². The molecule has 1 atom stereocenters. The molecule has 0 fully saturated rings. The summed E-state index contributed by atoms with van der Waals surface area (Å²) in [5, 5.41) is 11.3. The monoisotopic (exact) mass is 101 g/mol. The quantitative estimate of drug-likeness (QED) is 0.517. The van der Waals surface area contributed by atoms with Gasteiger partial charge in [0.1, 0.15) is 0 Å². The van der Waals surface area contributed by atoms with E-state index in [1.807, 2.05) is 0 Å². The minimum absolute atomic E-state index is 0.340. The summed E-state index contributed by atoms with van der Waals surface area (Å²) in [4.78, 5) is 0. The first-order valence-corrected chi connectivity index (χ1v) is 2.29. The lowest BCUT2D eigenvalue weighted by Gasteiger charge is -1.90. The fourth-order valence-corrected chi connectivity index (χ4v) is 0.235. The molecule has 0 aromatic heterocycles. The third-order valence-corrected chi connectivity index (χ3v) is 0.541. The van der Waals surface area contributed by atoms with Gasteiger partial charge in [-0.25, -0.2) is 0 Å². The molecule has 0 aromatic carbocycles. The van der Waals surface area contributed by atoms with Crippen molar-refractivity contribution >= 4 is 0 Å². The first kappa shape index (κ1) is 6.50. The summed E-state index contributed by atoms with van der Waals surface area (Å²) in [5.74, 6) is 0. The highest BCUT2D eigenvalue weighted by atomic mass is 16.3. The van der Waals surface area contributed by atoms with Gasteiger partial charge in [-0.05, 0) is 19.2 Å². The van der Waals surface area contributed by atoms with E-state index in [0.717, 1.165) is 0 Å². The van der Waals surface area contributed by atoms with Crippen LogP contribution in [0.3, 0.4) is 0 Å². The van der Waals surface area contributed by atoms with Gasteiger partial charge >= 0.3 is 0 Å². The van der Waals surface area contributed by atoms with Crippen LogP contribution in [0.15, 0.2) is 12.3 Å². The number of aliphatic hydroxyl groups excluding tert-OH is 1. The Kier molecular flexibility index (Phi) is 3.42. The Labute approximate surface area is 43.9 Å². The average Bonchev–Trinajstić information content (AvgIpc) is 1.61. The molecule has 2 nitrogen and oxygen atoms in total. The predicted molar refractivity (Wildman–Crippen MR) is 29.9 cm³/mol. The molecule has 0 saturated heterocycles. The Morgan fingerprint density at radius 3 is 2.43 bits per heavy atom. The van der Waals surface area contributed by atoms with E-state index in [1.165, 1.54) is 0 Å². The second-order valence-corrected chi connectivity index (χ2v) is 1.39. The summed E-state index contributed by atoms with van der Waals surface area (Å²) in [7, 11) is 1.79. The molecule has 2 N–H and O–H groups in total. The molecule has 2 heteroatoms. The lowest BCUT2D eigenvalue weighted by atomic mass is 10.4. The topological polar surface area (TPSA) is 32.3 Å². The number of aliphatic hydroxyl groups is 1. The molecular weight excluding hydrogens is 90.1 g/mol. The molecule has 0 heterocycles. The molecule has 0 aliphatic heterocycles. The molecule has 0 spiro atoms. The number of nitrogens with one attached hydrogen (secondary N) is 1. The van der Waals surface area contributed by atoms with Crippen LogP contribution in [0.5, 0.6) is 0 Å². The van der Waals surface area contributed by atoms with Gasteiger partial charge in [0.15, 0.2) is 0 Å². The van der Waals surface area contributed by atoms with E-state index in [1.54, 1.807) is 26.2 Å². The van der Waals surface area contributed by atoms with E-state index in [-0.39, 0.29) is 6.10 Å². The minimum Gasteiger partial charge on any atom is -0.394 e. The van der Waals surface area contributed by atoms with Crippen LogP contribution in [-0.4, -0.2) is 18.3 Å². The molecule has 0 aliphatic carbocycles. The van der Waals surface area contributed by atoms with Crippen molar-refractivity contribution in [1.29, 1.82) is 0 Å². The number of rotatable bonds is 2. The Balaban J connectivity index is 3.08. The van der Waals surface area contributed by atoms with E-state index >= 15 is 0 Å². The third kappa shape index (κ3) is 5.50. The van der Waals surface area contributed by atoms with Gasteiger partial charge < -0.3 is 10.4 Å². The van der Waals surface area contributed by atoms with E-state index in [4.69, 9.17) is 5.11 Å². The largest absolute Gasteiger partial charge is 0.394 e. The summed E-state index contributed by atoms with van der Waals surface area (Å²) in [6, 6.07) is 0. The second-order valence-electron chi connectivity index (χ2n) is 1.39. The smallest absolute Gasteiger partial charge is 0.0709 e. The average molecular weight is 101 g/mol. The lowest BCUT2D eigenvalue weighted by Crippen LogP contribution is -1.97. The zero-order valence-electron chi connectivity index (χ0n) is 4.68. The second kappa shape index (κ2) is 3.68. The van der Waals surface area contributed by atoms with E-state index < -0.39 is 0 Å². The maximum absolute atomic E-state index is 8.56. The van der Waals surface area contributed by atoms with Gasteiger partial charge in [0, 0.05) is 7.05 Å². The highest BCUT2D eigenvalue weighted by Gasteiger charge is 1.79. The van der Waals surface area contributed by atoms with Crippen LogP contribution in [0.2, 0.25) is 0 Å². The van der Waals surface area contributed by atoms with Crippen molar-refractivity contribution < 1.29 is 5.11 Å². The maximum atomic E-state index is 8.56. The molecular formula is C5H11NO. The fraction of sp³-hybridized carbons (Fsp3) is 0.600. The number of hydrogen-bond donors (Lipinski definition) is 2. The van der Waals surface area contributed by atoms with Crippen LogP contribution in [0, 0.1) is 0 Å². The van der Waals surface area contributed by atoms with E-state index in [2.05, 4.69) is 5.32 Å². The van der Waals surface area contributed by atoms with Gasteiger partial charge in [0.2, 0.25) is 0 Å². The first-order chi connectivity index (χ1) is 3.27. The zero-order chi connectivity index (χ0) is 5.70. The van der Waals surface area contributed by atoms with Crippen molar-refractivity contribution in [3.8, 4) is 0 Å². The standard InChI is InChI=1S/C5H11NO/c1-5(7)3-4-6-2/h3-7H,1-2H3. The molecule has 0 amide bonds. The Bertz CT molecular complexity index is 59.1. The van der Waals surface area contributed by atoms with Gasteiger partial charge in [-0.15, -0.1) is 0 Å². The minimum atomic E-state index is -0.340. The molecule has 42 valence electrons. The molecule has 7 heavy (non-hydrogen) atoms. The van der Waals surface area contributed by atoms with Gasteiger partial charge in [0.25, 0.3) is 0 Å². The molecule has 0 aromatic rings. The summed E-state index contributed by atoms with van der Waals surface area (Å²) in [5.41, 5.74) is 0. The molecule has 0 bridgehead atoms. The highest BCUT2D eigenvalue weighted by Crippen LogP contribution is 1.77. The molecule has 0 radical (unpaired) electrons. The van der Waals surface area contributed by atoms with Gasteiger partial charge in [0.05, 0.1) is 6.10 Å². The summed E-state index contributed by atoms with van der Waals surface area (Å²) < 4.78 is 0. The summed E-state index contributed by atoms with van der Waals surface area (Å²) in [6.45, 7) is 1.70. The van der Waals surface area contributed by atoms with Crippen molar-refractivity contribution in [1.82, 2.24) is 5.32 Å². The third-order valence-electron chi connectivity index (χ3n) is 0.541. The summed E-state index contributed by atoms with van der Waals surface area (Å²) in [6.07, 6.45) is 3.03. The lowest BCUT2D eigenvalue weighted by molar-refractivity contribution is 0.243. The Hall–Kier alpha value is -0.500. The van der Waals surface area contributed by atoms with Crippen molar-refractivity contribution in [3.05, 3.63) is 12.3 Å². The van der Waals surface area contributed by atoms with Gasteiger partial charge in [-0.1, -0.05) is 0 Å². The van der Waals surface area contributed by atoms with E-state index in [9.17, 15) is 0 Å². The highest BCUT2D eigenvalue weighted by molar-refractivity contribution is 4.82. The summed E-state index contributed by atoms with van der Waals surface area (Å²) >= 11 is 0. The van der Waals surface area contributed by atoms with E-state index in [0.29, 0.717) is 0 Å². The fourth-order valence-electron chi connectivity index (χ4n) is 0.235. The van der Waals surface area contributed by atoms with Crippen LogP contribution in [-0.2, 0) is 0 Å². The molecule has 1 unspecified atom stereocenters. The van der Waals surface area contributed by atoms with Crippen molar-refractivity contribution in [3.63, 3.8) is 0 Å². The first-order valence-electron chi connectivity index (χ1n) is 2.29. The van der Waals surface area contributed by atoms with Crippen LogP contribution >= 0.6 is 0 Å². The number of hydrogen-bond acceptors (Lipinski definition) is 2. The molecule has 0 rings (SSSR count). The van der Waals surface area contributed by atoms with Crippen LogP contribution < -0.4 is 5.32 Å². The molecule has 0 aliphatic rings. The molecule has 0 saturated carbocycles. The van der Waals surface area contributed by atoms with Crippen molar-refractivity contribution in [2.45, 2.75) is 13.0 Å². The van der Waals surface area contributed by atoms with Crippen LogP contribution in [0.25, 0.3) is 0 Å².